The molecular weight excluding hydrogens is 430 g/mol. The van der Waals surface area contributed by atoms with Gasteiger partial charge in [-0.15, -0.1) is 0 Å². The summed E-state index contributed by atoms with van der Waals surface area (Å²) in [5.41, 5.74) is 2.95. The molecule has 0 spiro atoms. The summed E-state index contributed by atoms with van der Waals surface area (Å²) in [7, 11) is 0. The largest absolute Gasteiger partial charge is 0.338 e. The Morgan fingerprint density at radius 2 is 1.82 bits per heavy atom. The predicted octanol–water partition coefficient (Wildman–Crippen LogP) is 3.05. The number of hydrogen-bond donors (Lipinski definition) is 3. The molecule has 3 N–H and O–H groups in total. The van der Waals surface area contributed by atoms with E-state index >= 15 is 0 Å². The van der Waals surface area contributed by atoms with Crippen molar-refractivity contribution in [1.82, 2.24) is 19.8 Å². The number of H-pyrrole nitrogens is 2. The van der Waals surface area contributed by atoms with Crippen LogP contribution in [0.15, 0.2) is 53.3 Å². The molecule has 8 heteroatoms. The molecule has 0 radical (unpaired) electrons. The minimum Gasteiger partial charge on any atom is -0.338 e. The maximum absolute atomic E-state index is 13.1. The number of aromatic amines is 2. The van der Waals surface area contributed by atoms with E-state index in [-0.39, 0.29) is 42.1 Å². The number of benzene rings is 2. The van der Waals surface area contributed by atoms with Crippen LogP contribution in [0.3, 0.4) is 0 Å². The van der Waals surface area contributed by atoms with Crippen molar-refractivity contribution in [2.24, 2.45) is 0 Å². The number of imidazole rings is 1. The third-order valence-electron chi connectivity index (χ3n) is 7.24. The van der Waals surface area contributed by atoms with Gasteiger partial charge in [-0.05, 0) is 36.6 Å². The molecule has 1 aromatic heterocycles. The summed E-state index contributed by atoms with van der Waals surface area (Å²) in [6.07, 6.45) is 4.19. The number of aromatic nitrogens is 2. The molecule has 0 saturated carbocycles. The Morgan fingerprint density at radius 1 is 1.03 bits per heavy atom. The zero-order chi connectivity index (χ0) is 23.7. The number of anilines is 1. The summed E-state index contributed by atoms with van der Waals surface area (Å²) in [6.45, 7) is 3.44. The topological polar surface area (TPSA) is 101 Å². The van der Waals surface area contributed by atoms with E-state index in [0.29, 0.717) is 16.7 Å². The van der Waals surface area contributed by atoms with Gasteiger partial charge in [0.1, 0.15) is 0 Å². The second-order valence-corrected chi connectivity index (χ2v) is 9.45. The molecule has 0 bridgehead atoms. The summed E-state index contributed by atoms with van der Waals surface area (Å²) in [5.74, 6) is 0.182. The van der Waals surface area contributed by atoms with Gasteiger partial charge in [0.25, 0.3) is 0 Å². The summed E-state index contributed by atoms with van der Waals surface area (Å²) < 4.78 is 0. The van der Waals surface area contributed by atoms with Crippen LogP contribution >= 0.6 is 0 Å². The van der Waals surface area contributed by atoms with Gasteiger partial charge in [0.2, 0.25) is 11.8 Å². The monoisotopic (exact) mass is 461 g/mol. The van der Waals surface area contributed by atoms with Gasteiger partial charge in [-0.3, -0.25) is 14.5 Å². The minimum atomic E-state index is -0.271. The van der Waals surface area contributed by atoms with E-state index in [4.69, 9.17) is 0 Å². The molecule has 2 aliphatic heterocycles. The molecule has 5 rings (SSSR count). The van der Waals surface area contributed by atoms with Gasteiger partial charge in [-0.25, -0.2) is 4.79 Å². The molecule has 2 aliphatic rings. The van der Waals surface area contributed by atoms with Gasteiger partial charge in [-0.1, -0.05) is 43.2 Å². The minimum absolute atomic E-state index is 0.0641. The number of likely N-dealkylation sites (tertiary alicyclic amines) is 2. The van der Waals surface area contributed by atoms with Crippen LogP contribution < -0.4 is 11.0 Å². The lowest BCUT2D eigenvalue weighted by Gasteiger charge is -2.38. The van der Waals surface area contributed by atoms with E-state index in [9.17, 15) is 14.4 Å². The molecule has 3 aromatic rings. The maximum Gasteiger partial charge on any atom is 0.323 e. The Hall–Kier alpha value is -3.39. The number of carbonyl (C=O) groups is 2. The maximum atomic E-state index is 13.1. The van der Waals surface area contributed by atoms with E-state index in [2.05, 4.69) is 37.2 Å². The van der Waals surface area contributed by atoms with Crippen molar-refractivity contribution in [1.29, 1.82) is 0 Å². The second kappa shape index (κ2) is 9.46. The highest BCUT2D eigenvalue weighted by Gasteiger charge is 2.46. The number of fused-ring (bicyclic) bond motifs is 2. The number of nitrogens with one attached hydrogen (secondary N) is 3. The number of amides is 2. The summed E-state index contributed by atoms with van der Waals surface area (Å²) >= 11 is 0. The molecule has 178 valence electrons. The number of nitrogens with zero attached hydrogens (tertiary/aromatic N) is 2. The second-order valence-electron chi connectivity index (χ2n) is 9.45. The molecule has 2 amide bonds. The summed E-state index contributed by atoms with van der Waals surface area (Å²) in [4.78, 5) is 47.0. The quantitative estimate of drug-likeness (QED) is 0.556. The lowest BCUT2D eigenvalue weighted by atomic mass is 9.87. The van der Waals surface area contributed by atoms with Crippen LogP contribution in [0, 0.1) is 0 Å². The first kappa shape index (κ1) is 22.4. The molecule has 34 heavy (non-hydrogen) atoms. The molecule has 8 nitrogen and oxygen atoms in total. The highest BCUT2D eigenvalue weighted by Crippen LogP contribution is 2.39. The van der Waals surface area contributed by atoms with Crippen molar-refractivity contribution in [3.63, 3.8) is 0 Å². The first-order chi connectivity index (χ1) is 16.5. The molecule has 2 saturated heterocycles. The van der Waals surface area contributed by atoms with Crippen molar-refractivity contribution < 1.29 is 9.59 Å². The van der Waals surface area contributed by atoms with Crippen molar-refractivity contribution in [2.45, 2.75) is 50.6 Å². The average molecular weight is 462 g/mol. The molecule has 0 aliphatic carbocycles. The molecule has 0 unspecified atom stereocenters. The summed E-state index contributed by atoms with van der Waals surface area (Å²) in [5, 5.41) is 2.99. The number of hydrogen-bond acceptors (Lipinski definition) is 4. The lowest BCUT2D eigenvalue weighted by molar-refractivity contribution is -0.132. The van der Waals surface area contributed by atoms with Gasteiger partial charge in [0.05, 0.1) is 23.6 Å². The zero-order valence-electron chi connectivity index (χ0n) is 19.4. The Balaban J connectivity index is 1.38. The Labute approximate surface area is 198 Å². The fourth-order valence-electron chi connectivity index (χ4n) is 5.77. The standard InChI is InChI=1S/C26H31N5O3/c1-17(32)31-13-7-3-6-10-23-25(31)20(18-8-4-2-5-9-18)15-30(23)16-24(33)27-19-11-12-21-22(14-19)29-26(34)28-21/h2,4-5,8-9,11-12,14,20,23,25H,3,6-7,10,13,15-16H2,1H3,(H,27,33)(H2,28,29,34)/t20-,23-,25-/m0/s1. The van der Waals surface area contributed by atoms with Gasteiger partial charge in [0.15, 0.2) is 0 Å². The highest BCUT2D eigenvalue weighted by molar-refractivity contribution is 5.94. The van der Waals surface area contributed by atoms with Crippen molar-refractivity contribution in [2.75, 3.05) is 25.0 Å². The molecule has 2 aromatic carbocycles. The third-order valence-corrected chi connectivity index (χ3v) is 7.24. The van der Waals surface area contributed by atoms with Crippen molar-refractivity contribution >= 4 is 28.5 Å². The van der Waals surface area contributed by atoms with Gasteiger partial charge >= 0.3 is 5.69 Å². The molecule has 3 heterocycles. The Bertz CT molecular complexity index is 1230. The van der Waals surface area contributed by atoms with Gasteiger partial charge < -0.3 is 20.2 Å². The van der Waals surface area contributed by atoms with E-state index in [1.54, 1.807) is 25.1 Å². The van der Waals surface area contributed by atoms with E-state index in [1.807, 2.05) is 18.2 Å². The summed E-state index contributed by atoms with van der Waals surface area (Å²) in [6, 6.07) is 15.9. The predicted molar refractivity (Wildman–Crippen MR) is 132 cm³/mol. The molecule has 3 atom stereocenters. The van der Waals surface area contributed by atoms with Gasteiger partial charge in [0, 0.05) is 37.7 Å². The number of carbonyl (C=O) groups excluding carboxylic acids is 2. The third kappa shape index (κ3) is 4.50. The lowest BCUT2D eigenvalue weighted by Crippen LogP contribution is -2.50. The van der Waals surface area contributed by atoms with Crippen LogP contribution in [0.4, 0.5) is 5.69 Å². The Morgan fingerprint density at radius 3 is 2.62 bits per heavy atom. The normalized spacial score (nSPS) is 23.3. The number of rotatable bonds is 4. The molecule has 2 fully saturated rings. The van der Waals surface area contributed by atoms with Crippen LogP contribution in [0.25, 0.3) is 11.0 Å². The highest BCUT2D eigenvalue weighted by atomic mass is 16.2. The zero-order valence-corrected chi connectivity index (χ0v) is 19.4. The first-order valence-corrected chi connectivity index (χ1v) is 12.1. The van der Waals surface area contributed by atoms with Crippen LogP contribution in [-0.4, -0.2) is 63.3 Å². The smallest absolute Gasteiger partial charge is 0.323 e. The average Bonchev–Trinajstić information content (AvgIpc) is 3.32. The first-order valence-electron chi connectivity index (χ1n) is 12.1. The van der Waals surface area contributed by atoms with Crippen LogP contribution in [-0.2, 0) is 9.59 Å². The van der Waals surface area contributed by atoms with Crippen LogP contribution in [0.1, 0.15) is 44.1 Å². The van der Waals surface area contributed by atoms with Crippen molar-refractivity contribution in [3.8, 4) is 0 Å². The van der Waals surface area contributed by atoms with Gasteiger partial charge in [-0.2, -0.15) is 0 Å². The Kier molecular flexibility index (Phi) is 6.24. The van der Waals surface area contributed by atoms with Crippen LogP contribution in [0.2, 0.25) is 0 Å². The SMILES string of the molecule is CC(=O)N1CCCCC[C@H]2[C@@H]1[C@H](c1ccccc1)CN2CC(=O)Nc1ccc2[nH]c(=O)[nH]c2c1. The van der Waals surface area contributed by atoms with Crippen molar-refractivity contribution in [3.05, 3.63) is 64.6 Å². The molecular formula is C26H31N5O3. The van der Waals surface area contributed by atoms with E-state index in [1.165, 1.54) is 5.56 Å². The fourth-order valence-corrected chi connectivity index (χ4v) is 5.77. The van der Waals surface area contributed by atoms with E-state index < -0.39 is 0 Å². The fraction of sp³-hybridized carbons (Fsp3) is 0.423. The van der Waals surface area contributed by atoms with E-state index in [0.717, 1.165) is 38.8 Å². The van der Waals surface area contributed by atoms with Crippen LogP contribution in [0.5, 0.6) is 0 Å².